The third-order valence-electron chi connectivity index (χ3n) is 2.58. The zero-order valence-electron chi connectivity index (χ0n) is 9.19. The van der Waals surface area contributed by atoms with Crippen LogP contribution in [0.25, 0.3) is 0 Å². The molecule has 88 valence electrons. The van der Waals surface area contributed by atoms with E-state index in [1.165, 1.54) is 25.9 Å². The van der Waals surface area contributed by atoms with E-state index in [1.54, 1.807) is 0 Å². The van der Waals surface area contributed by atoms with E-state index in [4.69, 9.17) is 11.5 Å². The van der Waals surface area contributed by atoms with Crippen LogP contribution in [0.3, 0.4) is 0 Å². The summed E-state index contributed by atoms with van der Waals surface area (Å²) in [5.74, 6) is 0.747. The summed E-state index contributed by atoms with van der Waals surface area (Å²) in [6.07, 6.45) is 2.59. The minimum Gasteiger partial charge on any atom is -0.368 e. The quantitative estimate of drug-likeness (QED) is 0.634. The van der Waals surface area contributed by atoms with E-state index in [0.717, 1.165) is 13.1 Å². The van der Waals surface area contributed by atoms with Gasteiger partial charge < -0.3 is 21.7 Å². The van der Waals surface area contributed by atoms with Gasteiger partial charge in [0.25, 0.3) is 0 Å². The number of hydrogen-bond acceptors (Lipinski definition) is 7. The molecule has 0 radical (unpaired) electrons. The summed E-state index contributed by atoms with van der Waals surface area (Å²) in [7, 11) is 0. The molecule has 5 N–H and O–H groups in total. The Morgan fingerprint density at radius 2 is 1.69 bits per heavy atom. The number of anilines is 3. The maximum absolute atomic E-state index is 5.46. The number of likely N-dealkylation sites (tertiary alicyclic amines) is 1. The van der Waals surface area contributed by atoms with Crippen LogP contribution < -0.4 is 16.8 Å². The molecular formula is C9H17N7. The molecule has 2 heterocycles. The summed E-state index contributed by atoms with van der Waals surface area (Å²) in [4.78, 5) is 14.0. The SMILES string of the molecule is Nc1nc(N)nc(NCCN2CCCC2)n1. The second-order valence-electron chi connectivity index (χ2n) is 3.85. The molecule has 7 heteroatoms. The van der Waals surface area contributed by atoms with Crippen LogP contribution in [-0.2, 0) is 0 Å². The molecule has 0 atom stereocenters. The van der Waals surface area contributed by atoms with E-state index in [-0.39, 0.29) is 11.9 Å². The predicted octanol–water partition coefficient (Wildman–Crippen LogP) is -0.456. The average Bonchev–Trinajstić information content (AvgIpc) is 2.69. The first kappa shape index (κ1) is 10.9. The van der Waals surface area contributed by atoms with Gasteiger partial charge in [-0.1, -0.05) is 0 Å². The maximum atomic E-state index is 5.46. The van der Waals surface area contributed by atoms with E-state index in [0.29, 0.717) is 5.95 Å². The fourth-order valence-corrected chi connectivity index (χ4v) is 1.82. The van der Waals surface area contributed by atoms with Crippen molar-refractivity contribution in [2.75, 3.05) is 43.0 Å². The van der Waals surface area contributed by atoms with Crippen molar-refractivity contribution in [2.24, 2.45) is 0 Å². The molecule has 2 rings (SSSR count). The van der Waals surface area contributed by atoms with Gasteiger partial charge in [0.1, 0.15) is 0 Å². The van der Waals surface area contributed by atoms with Gasteiger partial charge in [-0.05, 0) is 25.9 Å². The highest BCUT2D eigenvalue weighted by molar-refractivity contribution is 5.36. The largest absolute Gasteiger partial charge is 0.368 e. The van der Waals surface area contributed by atoms with Crippen molar-refractivity contribution in [1.82, 2.24) is 19.9 Å². The van der Waals surface area contributed by atoms with Crippen molar-refractivity contribution >= 4 is 17.8 Å². The Bertz CT molecular complexity index is 327. The molecule has 0 unspecified atom stereocenters. The number of nitrogen functional groups attached to an aromatic ring is 2. The van der Waals surface area contributed by atoms with Gasteiger partial charge in [-0.25, -0.2) is 0 Å². The van der Waals surface area contributed by atoms with Crippen molar-refractivity contribution in [3.05, 3.63) is 0 Å². The van der Waals surface area contributed by atoms with Crippen molar-refractivity contribution in [3.63, 3.8) is 0 Å². The summed E-state index contributed by atoms with van der Waals surface area (Å²) in [5.41, 5.74) is 10.9. The average molecular weight is 223 g/mol. The molecule has 0 aliphatic carbocycles. The number of aromatic nitrogens is 3. The second kappa shape index (κ2) is 4.93. The molecule has 1 aromatic heterocycles. The van der Waals surface area contributed by atoms with Gasteiger partial charge in [-0.2, -0.15) is 15.0 Å². The first-order valence-electron chi connectivity index (χ1n) is 5.47. The van der Waals surface area contributed by atoms with Crippen molar-refractivity contribution in [1.29, 1.82) is 0 Å². The third-order valence-corrected chi connectivity index (χ3v) is 2.58. The highest BCUT2D eigenvalue weighted by Crippen LogP contribution is 2.07. The summed E-state index contributed by atoms with van der Waals surface area (Å²) >= 11 is 0. The molecule has 1 aromatic rings. The van der Waals surface area contributed by atoms with E-state index < -0.39 is 0 Å². The summed E-state index contributed by atoms with van der Waals surface area (Å²) in [6.45, 7) is 4.15. The van der Waals surface area contributed by atoms with Crippen LogP contribution in [0.2, 0.25) is 0 Å². The Kier molecular flexibility index (Phi) is 3.35. The van der Waals surface area contributed by atoms with Crippen LogP contribution >= 0.6 is 0 Å². The van der Waals surface area contributed by atoms with Crippen molar-refractivity contribution in [3.8, 4) is 0 Å². The molecule has 0 saturated carbocycles. The molecule has 1 saturated heterocycles. The Morgan fingerprint density at radius 1 is 1.06 bits per heavy atom. The van der Waals surface area contributed by atoms with E-state index in [1.807, 2.05) is 0 Å². The van der Waals surface area contributed by atoms with Gasteiger partial charge in [0.05, 0.1) is 0 Å². The molecular weight excluding hydrogens is 206 g/mol. The molecule has 0 aromatic carbocycles. The number of nitrogens with two attached hydrogens (primary N) is 2. The van der Waals surface area contributed by atoms with E-state index >= 15 is 0 Å². The van der Waals surface area contributed by atoms with Crippen LogP contribution in [0, 0.1) is 0 Å². The van der Waals surface area contributed by atoms with Crippen LogP contribution in [0.15, 0.2) is 0 Å². The maximum Gasteiger partial charge on any atom is 0.229 e. The molecule has 0 spiro atoms. The lowest BCUT2D eigenvalue weighted by Crippen LogP contribution is -2.26. The summed E-state index contributed by atoms with van der Waals surface area (Å²) in [5, 5.41) is 3.09. The highest BCUT2D eigenvalue weighted by Gasteiger charge is 2.10. The second-order valence-corrected chi connectivity index (χ2v) is 3.85. The van der Waals surface area contributed by atoms with Gasteiger partial charge in [0, 0.05) is 13.1 Å². The van der Waals surface area contributed by atoms with Crippen LogP contribution in [0.1, 0.15) is 12.8 Å². The molecule has 7 nitrogen and oxygen atoms in total. The van der Waals surface area contributed by atoms with Crippen molar-refractivity contribution in [2.45, 2.75) is 12.8 Å². The molecule has 0 bridgehead atoms. The Balaban J connectivity index is 1.80. The molecule has 1 aliphatic rings. The monoisotopic (exact) mass is 223 g/mol. The summed E-state index contributed by atoms with van der Waals surface area (Å²) in [6, 6.07) is 0. The fraction of sp³-hybridized carbons (Fsp3) is 0.667. The number of rotatable bonds is 4. The molecule has 1 fully saturated rings. The van der Waals surface area contributed by atoms with Gasteiger partial charge in [0.15, 0.2) is 0 Å². The topological polar surface area (TPSA) is 106 Å². The van der Waals surface area contributed by atoms with E-state index in [9.17, 15) is 0 Å². The lowest BCUT2D eigenvalue weighted by molar-refractivity contribution is 0.352. The van der Waals surface area contributed by atoms with Crippen LogP contribution in [0.4, 0.5) is 17.8 Å². The number of nitrogens with one attached hydrogen (secondary N) is 1. The molecule has 0 amide bonds. The van der Waals surface area contributed by atoms with Gasteiger partial charge in [-0.3, -0.25) is 0 Å². The number of nitrogens with zero attached hydrogens (tertiary/aromatic N) is 4. The highest BCUT2D eigenvalue weighted by atomic mass is 15.2. The van der Waals surface area contributed by atoms with Gasteiger partial charge >= 0.3 is 0 Å². The summed E-state index contributed by atoms with van der Waals surface area (Å²) < 4.78 is 0. The molecule has 1 aliphatic heterocycles. The number of hydrogen-bond donors (Lipinski definition) is 3. The zero-order valence-corrected chi connectivity index (χ0v) is 9.19. The predicted molar refractivity (Wildman–Crippen MR) is 62.8 cm³/mol. The first-order chi connectivity index (χ1) is 7.74. The lowest BCUT2D eigenvalue weighted by Gasteiger charge is -2.14. The zero-order chi connectivity index (χ0) is 11.4. The first-order valence-corrected chi connectivity index (χ1v) is 5.47. The lowest BCUT2D eigenvalue weighted by atomic mass is 10.4. The minimum absolute atomic E-state index is 0.149. The standard InChI is InChI=1S/C9H17N7/c10-7-13-8(11)15-9(14-7)12-3-6-16-4-1-2-5-16/h1-6H2,(H5,10,11,12,13,14,15). The molecule has 16 heavy (non-hydrogen) atoms. The Labute approximate surface area is 94.3 Å². The van der Waals surface area contributed by atoms with Gasteiger partial charge in [-0.15, -0.1) is 0 Å². The Hall–Kier alpha value is -1.63. The van der Waals surface area contributed by atoms with Gasteiger partial charge in [0.2, 0.25) is 17.8 Å². The van der Waals surface area contributed by atoms with Crippen LogP contribution in [-0.4, -0.2) is 46.0 Å². The Morgan fingerprint density at radius 3 is 2.31 bits per heavy atom. The van der Waals surface area contributed by atoms with Crippen molar-refractivity contribution < 1.29 is 0 Å². The normalized spacial score (nSPS) is 16.5. The van der Waals surface area contributed by atoms with Crippen LogP contribution in [0.5, 0.6) is 0 Å². The smallest absolute Gasteiger partial charge is 0.229 e. The minimum atomic E-state index is 0.149. The van der Waals surface area contributed by atoms with E-state index in [2.05, 4.69) is 25.2 Å². The fourth-order valence-electron chi connectivity index (χ4n) is 1.82. The third kappa shape index (κ3) is 2.93.